The molecule has 1 amide bonds. The molecule has 0 radical (unpaired) electrons. The van der Waals surface area contributed by atoms with E-state index in [4.69, 9.17) is 4.42 Å². The minimum Gasteiger partial charge on any atom is -0.466 e. The summed E-state index contributed by atoms with van der Waals surface area (Å²) >= 11 is 0. The fourth-order valence-electron chi connectivity index (χ4n) is 2.55. The average molecular weight is 250 g/mol. The van der Waals surface area contributed by atoms with Gasteiger partial charge in [0.2, 0.25) is 0 Å². The van der Waals surface area contributed by atoms with Gasteiger partial charge in [-0.15, -0.1) is 0 Å². The van der Waals surface area contributed by atoms with Gasteiger partial charge in [-0.2, -0.15) is 0 Å². The maximum Gasteiger partial charge on any atom is 0.255 e. The van der Waals surface area contributed by atoms with E-state index in [9.17, 15) is 4.79 Å². The molecule has 100 valence electrons. The number of furan rings is 1. The van der Waals surface area contributed by atoms with Crippen LogP contribution in [0.25, 0.3) is 0 Å². The van der Waals surface area contributed by atoms with Gasteiger partial charge < -0.3 is 15.1 Å². The fraction of sp³-hybridized carbons (Fsp3) is 0.643. The number of carbonyl (C=O) groups is 1. The van der Waals surface area contributed by atoms with E-state index in [0.29, 0.717) is 17.2 Å². The summed E-state index contributed by atoms with van der Waals surface area (Å²) < 4.78 is 5.49. The van der Waals surface area contributed by atoms with Crippen molar-refractivity contribution in [3.05, 3.63) is 22.6 Å². The summed E-state index contributed by atoms with van der Waals surface area (Å²) in [6.45, 7) is 8.52. The summed E-state index contributed by atoms with van der Waals surface area (Å²) in [6.07, 6.45) is 2.39. The molecular formula is C14H22N2O2. The maximum atomic E-state index is 12.2. The van der Waals surface area contributed by atoms with Gasteiger partial charge >= 0.3 is 0 Å². The zero-order valence-electron chi connectivity index (χ0n) is 11.4. The van der Waals surface area contributed by atoms with Crippen molar-refractivity contribution in [3.63, 3.8) is 0 Å². The van der Waals surface area contributed by atoms with Crippen molar-refractivity contribution in [2.24, 2.45) is 5.92 Å². The monoisotopic (exact) mass is 250 g/mol. The van der Waals surface area contributed by atoms with Crippen LogP contribution < -0.4 is 10.6 Å². The standard InChI is InChI=1S/C14H22N2O2/c1-9-10(2)18-11(3)13(9)14(17)16-8-12-5-4-6-15-7-12/h12,15H,4-8H2,1-3H3,(H,16,17). The van der Waals surface area contributed by atoms with Crippen LogP contribution in [0.2, 0.25) is 0 Å². The van der Waals surface area contributed by atoms with Crippen molar-refractivity contribution >= 4 is 5.91 Å². The molecule has 0 bridgehead atoms. The van der Waals surface area contributed by atoms with Crippen LogP contribution >= 0.6 is 0 Å². The third-order valence-corrected chi connectivity index (χ3v) is 3.74. The normalized spacial score (nSPS) is 19.8. The topological polar surface area (TPSA) is 54.3 Å². The molecular weight excluding hydrogens is 228 g/mol. The molecule has 18 heavy (non-hydrogen) atoms. The van der Waals surface area contributed by atoms with Crippen LogP contribution in [-0.2, 0) is 0 Å². The second-order valence-corrected chi connectivity index (χ2v) is 5.14. The van der Waals surface area contributed by atoms with E-state index < -0.39 is 0 Å². The first-order valence-electron chi connectivity index (χ1n) is 6.65. The Kier molecular flexibility index (Phi) is 4.07. The van der Waals surface area contributed by atoms with Crippen LogP contribution in [0.5, 0.6) is 0 Å². The number of amides is 1. The lowest BCUT2D eigenvalue weighted by Gasteiger charge is -2.22. The van der Waals surface area contributed by atoms with Crippen LogP contribution in [0.3, 0.4) is 0 Å². The number of hydrogen-bond donors (Lipinski definition) is 2. The van der Waals surface area contributed by atoms with E-state index in [0.717, 1.165) is 31.0 Å². The molecule has 0 aromatic carbocycles. The first-order chi connectivity index (χ1) is 8.59. The molecule has 1 fully saturated rings. The highest BCUT2D eigenvalue weighted by molar-refractivity contribution is 5.96. The lowest BCUT2D eigenvalue weighted by Crippen LogP contribution is -2.38. The Morgan fingerprint density at radius 1 is 1.39 bits per heavy atom. The van der Waals surface area contributed by atoms with Crippen LogP contribution in [0, 0.1) is 26.7 Å². The summed E-state index contributed by atoms with van der Waals surface area (Å²) in [4.78, 5) is 12.2. The number of hydrogen-bond acceptors (Lipinski definition) is 3. The number of piperidine rings is 1. The SMILES string of the molecule is Cc1oc(C)c(C(=O)NCC2CCCNC2)c1C. The third kappa shape index (κ3) is 2.75. The lowest BCUT2D eigenvalue weighted by atomic mass is 9.99. The second-order valence-electron chi connectivity index (χ2n) is 5.14. The quantitative estimate of drug-likeness (QED) is 0.862. The van der Waals surface area contributed by atoms with Gasteiger partial charge in [-0.1, -0.05) is 0 Å². The molecule has 2 N–H and O–H groups in total. The molecule has 1 saturated heterocycles. The van der Waals surface area contributed by atoms with Crippen molar-refractivity contribution in [2.75, 3.05) is 19.6 Å². The lowest BCUT2D eigenvalue weighted by molar-refractivity contribution is 0.0943. The Morgan fingerprint density at radius 3 is 2.72 bits per heavy atom. The van der Waals surface area contributed by atoms with Crippen molar-refractivity contribution in [1.82, 2.24) is 10.6 Å². The van der Waals surface area contributed by atoms with Crippen molar-refractivity contribution in [3.8, 4) is 0 Å². The van der Waals surface area contributed by atoms with Gasteiger partial charge in [-0.25, -0.2) is 0 Å². The van der Waals surface area contributed by atoms with E-state index in [1.807, 2.05) is 20.8 Å². The number of aryl methyl sites for hydroxylation is 2. The van der Waals surface area contributed by atoms with Crippen molar-refractivity contribution in [2.45, 2.75) is 33.6 Å². The maximum absolute atomic E-state index is 12.2. The highest BCUT2D eigenvalue weighted by Gasteiger charge is 2.20. The summed E-state index contributed by atoms with van der Waals surface area (Å²) in [6, 6.07) is 0. The molecule has 1 aromatic rings. The molecule has 0 saturated carbocycles. The molecule has 1 unspecified atom stereocenters. The zero-order chi connectivity index (χ0) is 13.1. The number of nitrogens with one attached hydrogen (secondary N) is 2. The average Bonchev–Trinajstić information content (AvgIpc) is 2.62. The van der Waals surface area contributed by atoms with Gasteiger partial charge in [0.05, 0.1) is 5.56 Å². The Hall–Kier alpha value is -1.29. The highest BCUT2D eigenvalue weighted by Crippen LogP contribution is 2.20. The van der Waals surface area contributed by atoms with Crippen LogP contribution in [-0.4, -0.2) is 25.5 Å². The van der Waals surface area contributed by atoms with E-state index in [1.165, 1.54) is 12.8 Å². The Labute approximate surface area is 108 Å². The molecule has 1 atom stereocenters. The number of rotatable bonds is 3. The van der Waals surface area contributed by atoms with Gasteiger partial charge in [0, 0.05) is 12.1 Å². The molecule has 2 heterocycles. The Bertz CT molecular complexity index is 431. The van der Waals surface area contributed by atoms with Crippen LogP contribution in [0.1, 0.15) is 40.3 Å². The Balaban J connectivity index is 1.95. The van der Waals surface area contributed by atoms with E-state index in [1.54, 1.807) is 0 Å². The summed E-state index contributed by atoms with van der Waals surface area (Å²) in [7, 11) is 0. The molecule has 0 aliphatic carbocycles. The molecule has 4 heteroatoms. The second kappa shape index (κ2) is 5.57. The van der Waals surface area contributed by atoms with Gasteiger partial charge in [0.15, 0.2) is 0 Å². The van der Waals surface area contributed by atoms with Crippen LogP contribution in [0.4, 0.5) is 0 Å². The first-order valence-corrected chi connectivity index (χ1v) is 6.65. The minimum absolute atomic E-state index is 0.00702. The first kappa shape index (κ1) is 13.1. The van der Waals surface area contributed by atoms with Gasteiger partial charge in [-0.3, -0.25) is 4.79 Å². The smallest absolute Gasteiger partial charge is 0.255 e. The fourth-order valence-corrected chi connectivity index (χ4v) is 2.55. The van der Waals surface area contributed by atoms with E-state index in [2.05, 4.69) is 10.6 Å². The predicted molar refractivity (Wildman–Crippen MR) is 70.8 cm³/mol. The highest BCUT2D eigenvalue weighted by atomic mass is 16.3. The van der Waals surface area contributed by atoms with Gasteiger partial charge in [0.25, 0.3) is 5.91 Å². The van der Waals surface area contributed by atoms with Gasteiger partial charge in [0.1, 0.15) is 11.5 Å². The van der Waals surface area contributed by atoms with Gasteiger partial charge in [-0.05, 0) is 52.6 Å². The largest absolute Gasteiger partial charge is 0.466 e. The van der Waals surface area contributed by atoms with E-state index >= 15 is 0 Å². The predicted octanol–water partition coefficient (Wildman–Crippen LogP) is 1.93. The van der Waals surface area contributed by atoms with Crippen LogP contribution in [0.15, 0.2) is 4.42 Å². The Morgan fingerprint density at radius 2 is 2.17 bits per heavy atom. The molecule has 1 aromatic heterocycles. The van der Waals surface area contributed by atoms with E-state index in [-0.39, 0.29) is 5.91 Å². The zero-order valence-corrected chi connectivity index (χ0v) is 11.4. The molecule has 0 spiro atoms. The number of carbonyl (C=O) groups excluding carboxylic acids is 1. The summed E-state index contributed by atoms with van der Waals surface area (Å²) in [5.74, 6) is 2.09. The summed E-state index contributed by atoms with van der Waals surface area (Å²) in [5.41, 5.74) is 1.66. The minimum atomic E-state index is -0.00702. The summed E-state index contributed by atoms with van der Waals surface area (Å²) in [5, 5.41) is 6.38. The third-order valence-electron chi connectivity index (χ3n) is 3.74. The molecule has 1 aliphatic rings. The molecule has 4 nitrogen and oxygen atoms in total. The van der Waals surface area contributed by atoms with Crippen molar-refractivity contribution < 1.29 is 9.21 Å². The van der Waals surface area contributed by atoms with Crippen molar-refractivity contribution in [1.29, 1.82) is 0 Å². The molecule has 1 aliphatic heterocycles. The molecule has 2 rings (SSSR count).